The van der Waals surface area contributed by atoms with Gasteiger partial charge in [0.2, 0.25) is 0 Å². The number of benzene rings is 5. The van der Waals surface area contributed by atoms with Crippen molar-refractivity contribution >= 4 is 67.0 Å². The Hall–Kier alpha value is -4.96. The van der Waals surface area contributed by atoms with Crippen LogP contribution in [-0.4, -0.2) is 132 Å². The Morgan fingerprint density at radius 2 is 0.574 bits per heavy atom. The van der Waals surface area contributed by atoms with Gasteiger partial charge in [0.05, 0.1) is 75.1 Å². The van der Waals surface area contributed by atoms with Crippen molar-refractivity contribution in [2.45, 2.75) is 0 Å². The molecule has 5 aromatic rings. The number of hydrogen-bond donors (Lipinski definition) is 0. The summed E-state index contributed by atoms with van der Waals surface area (Å²) in [7, 11) is 6.12. The minimum atomic E-state index is -0.658. The van der Waals surface area contributed by atoms with Crippen LogP contribution in [0.5, 0.6) is 0 Å². The second kappa shape index (κ2) is 19.9. The molecule has 54 heavy (non-hydrogen) atoms. The number of ether oxygens (including phenoxy) is 10. The summed E-state index contributed by atoms with van der Waals surface area (Å²) in [4.78, 5) is 54.4. The third-order valence-corrected chi connectivity index (χ3v) is 8.61. The van der Waals surface area contributed by atoms with Crippen LogP contribution in [0.2, 0.25) is 0 Å². The fourth-order valence-corrected chi connectivity index (χ4v) is 6.19. The number of esters is 4. The van der Waals surface area contributed by atoms with Crippen molar-refractivity contribution in [1.29, 1.82) is 0 Å². The highest BCUT2D eigenvalue weighted by Gasteiger charge is 2.27. The minimum absolute atomic E-state index is 0.000414. The number of carbonyl (C=O) groups excluding carboxylic acids is 4. The van der Waals surface area contributed by atoms with E-state index in [1.54, 1.807) is 62.8 Å². The van der Waals surface area contributed by atoms with E-state index in [1.165, 1.54) is 14.2 Å². The molecule has 0 atom stereocenters. The third-order valence-electron chi connectivity index (χ3n) is 8.61. The van der Waals surface area contributed by atoms with Crippen LogP contribution >= 0.6 is 0 Å². The van der Waals surface area contributed by atoms with Gasteiger partial charge in [-0.3, -0.25) is 0 Å². The Morgan fingerprint density at radius 1 is 0.333 bits per heavy atom. The van der Waals surface area contributed by atoms with Crippen LogP contribution < -0.4 is 0 Å². The van der Waals surface area contributed by atoms with E-state index < -0.39 is 23.9 Å². The predicted molar refractivity (Wildman–Crippen MR) is 198 cm³/mol. The van der Waals surface area contributed by atoms with Crippen LogP contribution in [0.3, 0.4) is 0 Å². The van der Waals surface area contributed by atoms with Crippen LogP contribution in [0.4, 0.5) is 0 Å². The maximum Gasteiger partial charge on any atom is 0.338 e. The van der Waals surface area contributed by atoms with E-state index in [1.807, 2.05) is 0 Å². The molecule has 14 nitrogen and oxygen atoms in total. The van der Waals surface area contributed by atoms with E-state index in [9.17, 15) is 19.2 Å². The molecule has 0 radical (unpaired) electrons. The van der Waals surface area contributed by atoms with Gasteiger partial charge in [0.1, 0.15) is 26.4 Å². The van der Waals surface area contributed by atoms with Gasteiger partial charge in [-0.15, -0.1) is 0 Å². The lowest BCUT2D eigenvalue weighted by molar-refractivity contribution is 0.0211. The predicted octanol–water partition coefficient (Wildman–Crippen LogP) is 4.98. The first-order valence-electron chi connectivity index (χ1n) is 17.4. The fraction of sp³-hybridized carbons (Fsp3) is 0.400. The number of rotatable bonds is 22. The summed E-state index contributed by atoms with van der Waals surface area (Å²) < 4.78 is 53.2. The number of fused-ring (bicyclic) bond motifs is 2. The first-order chi connectivity index (χ1) is 26.4. The highest BCUT2D eigenvalue weighted by Crippen LogP contribution is 2.44. The summed E-state index contributed by atoms with van der Waals surface area (Å²) in [5, 5.41) is 4.46. The first-order valence-corrected chi connectivity index (χ1v) is 17.4. The van der Waals surface area contributed by atoms with Gasteiger partial charge >= 0.3 is 23.9 Å². The highest BCUT2D eigenvalue weighted by molar-refractivity contribution is 6.38. The van der Waals surface area contributed by atoms with Crippen molar-refractivity contribution in [2.24, 2.45) is 0 Å². The van der Waals surface area contributed by atoms with E-state index in [4.69, 9.17) is 47.4 Å². The Morgan fingerprint density at radius 3 is 0.852 bits per heavy atom. The van der Waals surface area contributed by atoms with Crippen LogP contribution in [0.15, 0.2) is 48.5 Å². The zero-order valence-corrected chi connectivity index (χ0v) is 30.8. The molecule has 0 spiro atoms. The fourth-order valence-electron chi connectivity index (χ4n) is 6.19. The summed E-state index contributed by atoms with van der Waals surface area (Å²) in [5.74, 6) is -2.62. The van der Waals surface area contributed by atoms with Crippen LogP contribution in [0.25, 0.3) is 43.1 Å². The molecule has 288 valence electrons. The summed E-state index contributed by atoms with van der Waals surface area (Å²) in [5.41, 5.74) is 0.608. The Labute approximate surface area is 311 Å². The largest absolute Gasteiger partial charge is 0.460 e. The van der Waals surface area contributed by atoms with E-state index >= 15 is 0 Å². The topological polar surface area (TPSA) is 161 Å². The molecule has 0 fully saturated rings. The van der Waals surface area contributed by atoms with Crippen LogP contribution in [0.1, 0.15) is 41.4 Å². The molecule has 0 aliphatic heterocycles. The smallest absolute Gasteiger partial charge is 0.338 e. The molecule has 0 N–H and O–H groups in total. The van der Waals surface area contributed by atoms with Crippen molar-refractivity contribution in [3.63, 3.8) is 0 Å². The van der Waals surface area contributed by atoms with Crippen LogP contribution in [0, 0.1) is 0 Å². The molecular formula is C40H44O14. The second-order valence-corrected chi connectivity index (χ2v) is 11.9. The molecule has 5 rings (SSSR count). The SMILES string of the molecule is COCCOCCOC(=O)c1ccc2c3ccc(C(=O)OCCOC)c4c(C(=O)OCCOCCOC)ccc(c5ccc(C(=O)OCCOC)c1c52)c43. The average Bonchev–Trinajstić information content (AvgIpc) is 3.18. The average molecular weight is 749 g/mol. The number of carbonyl (C=O) groups is 4. The normalized spacial score (nSPS) is 11.5. The lowest BCUT2D eigenvalue weighted by Crippen LogP contribution is -2.16. The number of hydrogen-bond acceptors (Lipinski definition) is 14. The lowest BCUT2D eigenvalue weighted by Gasteiger charge is -2.20. The van der Waals surface area contributed by atoms with Gasteiger partial charge < -0.3 is 47.4 Å². The zero-order chi connectivity index (χ0) is 38.5. The van der Waals surface area contributed by atoms with Gasteiger partial charge in [0, 0.05) is 39.2 Å². The quantitative estimate of drug-likeness (QED) is 0.0306. The standard InChI is InChI=1S/C40H44O14/c1-45-13-17-49-19-23-53-39(43)31-11-7-27-26-6-10-30(38(42)52-22-16-48-4)36-32(40(44)54-24-20-50-18-14-46-2)12-8-28(34(26)36)25-5-9-29(35(31)33(25)27)37(41)51-21-15-47-3/h5-12H,13-24H2,1-4H3. The minimum Gasteiger partial charge on any atom is -0.460 e. The summed E-state index contributed by atoms with van der Waals surface area (Å²) in [6, 6.07) is 13.4. The molecular weight excluding hydrogens is 704 g/mol. The van der Waals surface area contributed by atoms with Gasteiger partial charge in [-0.05, 0) is 56.6 Å². The van der Waals surface area contributed by atoms with Gasteiger partial charge in [-0.25, -0.2) is 19.2 Å². The van der Waals surface area contributed by atoms with Gasteiger partial charge in [0.25, 0.3) is 0 Å². The molecule has 0 aromatic heterocycles. The highest BCUT2D eigenvalue weighted by atomic mass is 16.6. The Kier molecular flexibility index (Phi) is 14.8. The zero-order valence-electron chi connectivity index (χ0n) is 30.8. The molecule has 0 saturated heterocycles. The second-order valence-electron chi connectivity index (χ2n) is 11.9. The van der Waals surface area contributed by atoms with Crippen molar-refractivity contribution in [1.82, 2.24) is 0 Å². The Bertz CT molecular complexity index is 1910. The molecule has 0 bridgehead atoms. The van der Waals surface area contributed by atoms with E-state index in [0.29, 0.717) is 69.5 Å². The van der Waals surface area contributed by atoms with Crippen molar-refractivity contribution < 1.29 is 66.5 Å². The van der Waals surface area contributed by atoms with Gasteiger partial charge in [-0.2, -0.15) is 0 Å². The monoisotopic (exact) mass is 748 g/mol. The van der Waals surface area contributed by atoms with Crippen LogP contribution in [-0.2, 0) is 47.4 Å². The number of methoxy groups -OCH3 is 4. The van der Waals surface area contributed by atoms with E-state index in [-0.39, 0.29) is 75.1 Å². The van der Waals surface area contributed by atoms with Gasteiger partial charge in [0.15, 0.2) is 0 Å². The maximum atomic E-state index is 13.7. The van der Waals surface area contributed by atoms with E-state index in [0.717, 1.165) is 0 Å². The molecule has 0 aliphatic carbocycles. The molecule has 0 saturated carbocycles. The third kappa shape index (κ3) is 9.04. The first kappa shape index (κ1) is 40.2. The van der Waals surface area contributed by atoms with Crippen molar-refractivity contribution in [3.05, 3.63) is 70.8 Å². The molecule has 0 heterocycles. The molecule has 0 aliphatic rings. The summed E-state index contributed by atoms with van der Waals surface area (Å²) in [6.07, 6.45) is 0. The van der Waals surface area contributed by atoms with Crippen molar-refractivity contribution in [3.8, 4) is 0 Å². The maximum absolute atomic E-state index is 13.7. The Balaban J connectivity index is 1.69. The van der Waals surface area contributed by atoms with Gasteiger partial charge in [-0.1, -0.05) is 24.3 Å². The summed E-state index contributed by atoms with van der Waals surface area (Å²) >= 11 is 0. The summed E-state index contributed by atoms with van der Waals surface area (Å²) in [6.45, 7) is 2.10. The lowest BCUT2D eigenvalue weighted by atomic mass is 9.84. The molecule has 5 aromatic carbocycles. The van der Waals surface area contributed by atoms with E-state index in [2.05, 4.69) is 0 Å². The molecule has 0 unspecified atom stereocenters. The molecule has 14 heteroatoms. The van der Waals surface area contributed by atoms with Crippen molar-refractivity contribution in [2.75, 3.05) is 108 Å². The molecule has 0 amide bonds.